The SMILES string of the molecule is CCC[C@@H]1CC(COC)(COC)C[C@@H]1CCCCCc1ccccc1. The predicted octanol–water partition coefficient (Wildman–Crippen LogP) is 5.90. The Labute approximate surface area is 155 Å². The second-order valence-electron chi connectivity index (χ2n) is 8.17. The standard InChI is InChI=1S/C23H38O2/c1-4-11-21-16-23(18-24-2,19-25-3)17-22(21)15-10-6-9-14-20-12-7-5-8-13-20/h5,7-8,12-13,21-22H,4,6,9-11,14-19H2,1-3H3/t21-,22+/m1/s1. The third-order valence-corrected chi connectivity index (χ3v) is 6.00. The van der Waals surface area contributed by atoms with Crippen LogP contribution in [0.4, 0.5) is 0 Å². The number of ether oxygens (including phenoxy) is 2. The van der Waals surface area contributed by atoms with Crippen molar-refractivity contribution in [3.8, 4) is 0 Å². The van der Waals surface area contributed by atoms with Crippen molar-refractivity contribution in [3.05, 3.63) is 35.9 Å². The lowest BCUT2D eigenvalue weighted by atomic mass is 9.86. The highest BCUT2D eigenvalue weighted by Crippen LogP contribution is 2.49. The first kappa shape index (κ1) is 20.5. The minimum Gasteiger partial charge on any atom is -0.384 e. The summed E-state index contributed by atoms with van der Waals surface area (Å²) < 4.78 is 11.1. The maximum Gasteiger partial charge on any atom is 0.0540 e. The number of hydrogen-bond acceptors (Lipinski definition) is 2. The van der Waals surface area contributed by atoms with Crippen molar-refractivity contribution in [2.24, 2.45) is 17.3 Å². The van der Waals surface area contributed by atoms with Crippen LogP contribution in [0.1, 0.15) is 63.9 Å². The van der Waals surface area contributed by atoms with Crippen LogP contribution in [-0.4, -0.2) is 27.4 Å². The van der Waals surface area contributed by atoms with Crippen molar-refractivity contribution < 1.29 is 9.47 Å². The number of aryl methyl sites for hydroxylation is 1. The molecule has 2 atom stereocenters. The molecule has 2 rings (SSSR count). The molecule has 1 aliphatic carbocycles. The Morgan fingerprint density at radius 3 is 2.12 bits per heavy atom. The second kappa shape index (κ2) is 11.0. The zero-order chi connectivity index (χ0) is 18.0. The van der Waals surface area contributed by atoms with E-state index in [4.69, 9.17) is 9.47 Å². The fourth-order valence-electron chi connectivity index (χ4n) is 5.02. The first-order chi connectivity index (χ1) is 12.2. The molecule has 0 N–H and O–H groups in total. The molecule has 0 saturated heterocycles. The monoisotopic (exact) mass is 346 g/mol. The Morgan fingerprint density at radius 1 is 0.880 bits per heavy atom. The third kappa shape index (κ3) is 6.42. The summed E-state index contributed by atoms with van der Waals surface area (Å²) in [6, 6.07) is 10.9. The van der Waals surface area contributed by atoms with Gasteiger partial charge in [-0.1, -0.05) is 69.4 Å². The van der Waals surface area contributed by atoms with Crippen LogP contribution in [0.25, 0.3) is 0 Å². The summed E-state index contributed by atoms with van der Waals surface area (Å²) >= 11 is 0. The Balaban J connectivity index is 1.77. The minimum absolute atomic E-state index is 0.262. The van der Waals surface area contributed by atoms with Crippen LogP contribution in [0.3, 0.4) is 0 Å². The molecule has 2 heteroatoms. The summed E-state index contributed by atoms with van der Waals surface area (Å²) in [6.07, 6.45) is 11.9. The van der Waals surface area contributed by atoms with E-state index in [2.05, 4.69) is 37.3 Å². The third-order valence-electron chi connectivity index (χ3n) is 6.00. The summed E-state index contributed by atoms with van der Waals surface area (Å²) in [4.78, 5) is 0. The van der Waals surface area contributed by atoms with Crippen molar-refractivity contribution in [3.63, 3.8) is 0 Å². The molecule has 0 unspecified atom stereocenters. The molecule has 0 aromatic heterocycles. The molecule has 142 valence electrons. The molecule has 1 fully saturated rings. The van der Waals surface area contributed by atoms with Crippen LogP contribution < -0.4 is 0 Å². The van der Waals surface area contributed by atoms with Crippen LogP contribution in [0, 0.1) is 17.3 Å². The molecular formula is C23H38O2. The molecule has 1 saturated carbocycles. The fourth-order valence-corrected chi connectivity index (χ4v) is 5.02. The Bertz CT molecular complexity index is 450. The topological polar surface area (TPSA) is 18.5 Å². The Hall–Kier alpha value is -0.860. The number of methoxy groups -OCH3 is 2. The number of benzene rings is 1. The van der Waals surface area contributed by atoms with Gasteiger partial charge in [-0.2, -0.15) is 0 Å². The zero-order valence-electron chi connectivity index (χ0n) is 16.6. The van der Waals surface area contributed by atoms with E-state index in [1.165, 1.54) is 63.4 Å². The zero-order valence-corrected chi connectivity index (χ0v) is 16.6. The molecule has 1 aromatic carbocycles. The normalized spacial score (nSPS) is 22.4. The van der Waals surface area contributed by atoms with E-state index < -0.39 is 0 Å². The van der Waals surface area contributed by atoms with Gasteiger partial charge in [0.05, 0.1) is 13.2 Å². The van der Waals surface area contributed by atoms with Gasteiger partial charge in [-0.15, -0.1) is 0 Å². The number of rotatable bonds is 12. The highest BCUT2D eigenvalue weighted by Gasteiger charge is 2.44. The average Bonchev–Trinajstić information content (AvgIpc) is 2.94. The van der Waals surface area contributed by atoms with Crippen molar-refractivity contribution in [2.45, 2.75) is 64.7 Å². The molecule has 0 bridgehead atoms. The summed E-state index contributed by atoms with van der Waals surface area (Å²) in [6.45, 7) is 4.03. The second-order valence-corrected chi connectivity index (χ2v) is 8.17. The van der Waals surface area contributed by atoms with Crippen LogP contribution in [-0.2, 0) is 15.9 Å². The smallest absolute Gasteiger partial charge is 0.0540 e. The maximum atomic E-state index is 5.57. The summed E-state index contributed by atoms with van der Waals surface area (Å²) in [7, 11) is 3.67. The van der Waals surface area contributed by atoms with E-state index in [-0.39, 0.29) is 5.41 Å². The van der Waals surface area contributed by atoms with Gasteiger partial charge in [0, 0.05) is 19.6 Å². The van der Waals surface area contributed by atoms with Crippen LogP contribution in [0.2, 0.25) is 0 Å². The first-order valence-electron chi connectivity index (χ1n) is 10.2. The summed E-state index contributed by atoms with van der Waals surface area (Å²) in [5.41, 5.74) is 1.74. The van der Waals surface area contributed by atoms with Gasteiger partial charge in [-0.05, 0) is 43.1 Å². The van der Waals surface area contributed by atoms with Gasteiger partial charge in [0.25, 0.3) is 0 Å². The van der Waals surface area contributed by atoms with Crippen LogP contribution in [0.5, 0.6) is 0 Å². The van der Waals surface area contributed by atoms with Gasteiger partial charge in [-0.25, -0.2) is 0 Å². The van der Waals surface area contributed by atoms with E-state index in [1.54, 1.807) is 0 Å². The van der Waals surface area contributed by atoms with E-state index in [0.29, 0.717) is 0 Å². The molecule has 0 aliphatic heterocycles. The molecule has 0 heterocycles. The summed E-state index contributed by atoms with van der Waals surface area (Å²) in [5.74, 6) is 1.73. The molecular weight excluding hydrogens is 308 g/mol. The van der Waals surface area contributed by atoms with E-state index in [9.17, 15) is 0 Å². The van der Waals surface area contributed by atoms with Gasteiger partial charge < -0.3 is 9.47 Å². The highest BCUT2D eigenvalue weighted by atomic mass is 16.5. The molecule has 25 heavy (non-hydrogen) atoms. The predicted molar refractivity (Wildman–Crippen MR) is 106 cm³/mol. The number of hydrogen-bond donors (Lipinski definition) is 0. The van der Waals surface area contributed by atoms with Crippen molar-refractivity contribution in [1.82, 2.24) is 0 Å². The van der Waals surface area contributed by atoms with Gasteiger partial charge in [0.15, 0.2) is 0 Å². The molecule has 0 spiro atoms. The molecule has 1 aromatic rings. The minimum atomic E-state index is 0.262. The quantitative estimate of drug-likeness (QED) is 0.439. The van der Waals surface area contributed by atoms with Gasteiger partial charge in [0.2, 0.25) is 0 Å². The maximum absolute atomic E-state index is 5.57. The number of unbranched alkanes of at least 4 members (excludes halogenated alkanes) is 2. The van der Waals surface area contributed by atoms with Gasteiger partial charge in [-0.3, -0.25) is 0 Å². The lowest BCUT2D eigenvalue weighted by molar-refractivity contribution is 0.0101. The van der Waals surface area contributed by atoms with E-state index in [0.717, 1.165) is 25.0 Å². The Kier molecular flexibility index (Phi) is 8.98. The van der Waals surface area contributed by atoms with Crippen LogP contribution >= 0.6 is 0 Å². The van der Waals surface area contributed by atoms with E-state index >= 15 is 0 Å². The Morgan fingerprint density at radius 2 is 1.52 bits per heavy atom. The lowest BCUT2D eigenvalue weighted by Crippen LogP contribution is -2.29. The fraction of sp³-hybridized carbons (Fsp3) is 0.739. The molecule has 1 aliphatic rings. The molecule has 2 nitrogen and oxygen atoms in total. The highest BCUT2D eigenvalue weighted by molar-refractivity contribution is 5.14. The van der Waals surface area contributed by atoms with Gasteiger partial charge in [0.1, 0.15) is 0 Å². The lowest BCUT2D eigenvalue weighted by Gasteiger charge is -2.27. The van der Waals surface area contributed by atoms with Crippen molar-refractivity contribution >= 4 is 0 Å². The summed E-state index contributed by atoms with van der Waals surface area (Å²) in [5, 5.41) is 0. The van der Waals surface area contributed by atoms with Gasteiger partial charge >= 0.3 is 0 Å². The van der Waals surface area contributed by atoms with E-state index in [1.807, 2.05) is 14.2 Å². The molecule has 0 radical (unpaired) electrons. The first-order valence-corrected chi connectivity index (χ1v) is 10.2. The largest absolute Gasteiger partial charge is 0.384 e. The molecule has 0 amide bonds. The average molecular weight is 347 g/mol. The van der Waals surface area contributed by atoms with Crippen molar-refractivity contribution in [1.29, 1.82) is 0 Å². The van der Waals surface area contributed by atoms with Crippen molar-refractivity contribution in [2.75, 3.05) is 27.4 Å². The van der Waals surface area contributed by atoms with Crippen LogP contribution in [0.15, 0.2) is 30.3 Å².